The van der Waals surface area contributed by atoms with Crippen molar-refractivity contribution in [2.45, 2.75) is 32.7 Å². The van der Waals surface area contributed by atoms with Crippen LogP contribution in [-0.2, 0) is 0 Å². The minimum atomic E-state index is 0.195. The Hall–Kier alpha value is -1.61. The van der Waals surface area contributed by atoms with E-state index in [1.54, 1.807) is 11.3 Å². The van der Waals surface area contributed by atoms with Crippen molar-refractivity contribution < 1.29 is 4.79 Å². The molecular weight excluding hydrogens is 266 g/mol. The Balaban J connectivity index is 1.87. The molecule has 20 heavy (non-hydrogen) atoms. The highest BCUT2D eigenvalue weighted by Crippen LogP contribution is 2.34. The average molecular weight is 285 g/mol. The fourth-order valence-corrected chi connectivity index (χ4v) is 3.75. The number of nitrogens with zero attached hydrogens (tertiary/aromatic N) is 1. The molecule has 2 aromatic rings. The number of amides is 1. The van der Waals surface area contributed by atoms with Gasteiger partial charge in [0.2, 0.25) is 0 Å². The molecule has 1 amide bonds. The molecule has 0 spiro atoms. The molecule has 0 saturated carbocycles. The smallest absolute Gasteiger partial charge is 0.264 e. The number of carbonyl (C=O) groups is 1. The third-order valence-corrected chi connectivity index (χ3v) is 5.04. The Kier molecular flexibility index (Phi) is 3.62. The second kappa shape index (κ2) is 5.41. The van der Waals surface area contributed by atoms with Crippen molar-refractivity contribution in [3.05, 3.63) is 57.3 Å². The number of benzene rings is 1. The largest absolute Gasteiger partial charge is 0.331 e. The van der Waals surface area contributed by atoms with Gasteiger partial charge in [-0.2, -0.15) is 0 Å². The summed E-state index contributed by atoms with van der Waals surface area (Å²) < 4.78 is 0. The zero-order valence-corrected chi connectivity index (χ0v) is 12.7. The quantitative estimate of drug-likeness (QED) is 0.803. The van der Waals surface area contributed by atoms with Gasteiger partial charge in [-0.1, -0.05) is 29.8 Å². The second-order valence-electron chi connectivity index (χ2n) is 5.50. The summed E-state index contributed by atoms with van der Waals surface area (Å²) in [5.74, 6) is 0.195. The molecule has 3 rings (SSSR count). The van der Waals surface area contributed by atoms with Crippen LogP contribution in [0, 0.1) is 13.8 Å². The lowest BCUT2D eigenvalue weighted by molar-refractivity contribution is 0.0740. The highest BCUT2D eigenvalue weighted by molar-refractivity contribution is 7.12. The minimum absolute atomic E-state index is 0.195. The number of carbonyl (C=O) groups excluding carboxylic acids is 1. The first-order chi connectivity index (χ1) is 9.66. The predicted molar refractivity (Wildman–Crippen MR) is 83.2 cm³/mol. The summed E-state index contributed by atoms with van der Waals surface area (Å²) in [4.78, 5) is 15.7. The van der Waals surface area contributed by atoms with Crippen LogP contribution in [0.1, 0.15) is 45.2 Å². The number of likely N-dealkylation sites (tertiary alicyclic amines) is 1. The highest BCUT2D eigenvalue weighted by Gasteiger charge is 2.31. The van der Waals surface area contributed by atoms with E-state index in [-0.39, 0.29) is 11.9 Å². The van der Waals surface area contributed by atoms with Crippen molar-refractivity contribution in [2.75, 3.05) is 6.54 Å². The Bertz CT molecular complexity index is 614. The molecule has 1 aliphatic heterocycles. The van der Waals surface area contributed by atoms with Gasteiger partial charge in [0.05, 0.1) is 10.9 Å². The molecule has 0 N–H and O–H groups in total. The number of hydrogen-bond donors (Lipinski definition) is 0. The van der Waals surface area contributed by atoms with Gasteiger partial charge in [-0.15, -0.1) is 11.3 Å². The van der Waals surface area contributed by atoms with E-state index in [2.05, 4.69) is 31.2 Å². The zero-order valence-electron chi connectivity index (χ0n) is 11.9. The van der Waals surface area contributed by atoms with Gasteiger partial charge in [0.15, 0.2) is 0 Å². The van der Waals surface area contributed by atoms with Crippen LogP contribution in [0.3, 0.4) is 0 Å². The van der Waals surface area contributed by atoms with Crippen LogP contribution in [0.4, 0.5) is 0 Å². The summed E-state index contributed by atoms with van der Waals surface area (Å²) >= 11 is 1.55. The summed E-state index contributed by atoms with van der Waals surface area (Å²) in [6.45, 7) is 4.98. The summed E-state index contributed by atoms with van der Waals surface area (Å²) in [5, 5.41) is 2.00. The molecule has 3 heteroatoms. The Morgan fingerprint density at radius 3 is 2.60 bits per heavy atom. The van der Waals surface area contributed by atoms with Crippen LogP contribution in [-0.4, -0.2) is 17.4 Å². The van der Waals surface area contributed by atoms with Gasteiger partial charge in [-0.05, 0) is 49.3 Å². The lowest BCUT2D eigenvalue weighted by Crippen LogP contribution is -2.30. The number of aryl methyl sites for hydroxylation is 2. The number of thiophene rings is 1. The van der Waals surface area contributed by atoms with Crippen molar-refractivity contribution in [1.29, 1.82) is 0 Å². The Labute approximate surface area is 124 Å². The lowest BCUT2D eigenvalue weighted by Gasteiger charge is -2.25. The highest BCUT2D eigenvalue weighted by atomic mass is 32.1. The molecule has 1 atom stereocenters. The Morgan fingerprint density at radius 1 is 1.20 bits per heavy atom. The molecule has 1 saturated heterocycles. The average Bonchev–Trinajstić information content (AvgIpc) is 3.07. The standard InChI is InChI=1S/C17H19NOS/c1-12-5-7-14(8-6-12)15-4-3-10-18(15)17(19)16-13(2)9-11-20-16/h5-9,11,15H,3-4,10H2,1-2H3. The van der Waals surface area contributed by atoms with E-state index >= 15 is 0 Å². The first-order valence-corrected chi connectivity index (χ1v) is 7.96. The summed E-state index contributed by atoms with van der Waals surface area (Å²) in [6, 6.07) is 10.8. The predicted octanol–water partition coefficient (Wildman–Crippen LogP) is 4.34. The monoisotopic (exact) mass is 285 g/mol. The molecule has 1 fully saturated rings. The molecular formula is C17H19NOS. The molecule has 104 valence electrons. The third-order valence-electron chi connectivity index (χ3n) is 4.03. The van der Waals surface area contributed by atoms with Crippen LogP contribution < -0.4 is 0 Å². The number of hydrogen-bond acceptors (Lipinski definition) is 2. The normalized spacial score (nSPS) is 18.5. The van der Waals surface area contributed by atoms with Crippen molar-refractivity contribution in [2.24, 2.45) is 0 Å². The molecule has 0 aliphatic carbocycles. The van der Waals surface area contributed by atoms with E-state index in [9.17, 15) is 4.79 Å². The fourth-order valence-electron chi connectivity index (χ4n) is 2.87. The molecule has 0 bridgehead atoms. The molecule has 2 heterocycles. The van der Waals surface area contributed by atoms with Crippen molar-refractivity contribution in [3.63, 3.8) is 0 Å². The topological polar surface area (TPSA) is 20.3 Å². The van der Waals surface area contributed by atoms with Crippen molar-refractivity contribution in [1.82, 2.24) is 4.90 Å². The van der Waals surface area contributed by atoms with E-state index in [4.69, 9.17) is 0 Å². The first-order valence-electron chi connectivity index (χ1n) is 7.08. The maximum Gasteiger partial charge on any atom is 0.264 e. The van der Waals surface area contributed by atoms with Crippen LogP contribution in [0.25, 0.3) is 0 Å². The first kappa shape index (κ1) is 13.4. The summed E-state index contributed by atoms with van der Waals surface area (Å²) in [5.41, 5.74) is 3.61. The van der Waals surface area contributed by atoms with E-state index < -0.39 is 0 Å². The van der Waals surface area contributed by atoms with Gasteiger partial charge < -0.3 is 4.90 Å². The SMILES string of the molecule is Cc1ccc(C2CCCN2C(=O)c2sccc2C)cc1. The van der Waals surface area contributed by atoms with Gasteiger partial charge in [-0.3, -0.25) is 4.79 Å². The van der Waals surface area contributed by atoms with Gasteiger partial charge in [0.1, 0.15) is 0 Å². The van der Waals surface area contributed by atoms with Gasteiger partial charge in [0, 0.05) is 6.54 Å². The van der Waals surface area contributed by atoms with E-state index in [1.165, 1.54) is 11.1 Å². The molecule has 2 nitrogen and oxygen atoms in total. The van der Waals surface area contributed by atoms with E-state index in [1.807, 2.05) is 23.3 Å². The van der Waals surface area contributed by atoms with Crippen molar-refractivity contribution >= 4 is 17.2 Å². The molecule has 1 aliphatic rings. The van der Waals surface area contributed by atoms with E-state index in [0.29, 0.717) is 0 Å². The summed E-state index contributed by atoms with van der Waals surface area (Å²) in [6.07, 6.45) is 2.16. The van der Waals surface area contributed by atoms with E-state index in [0.717, 1.165) is 29.8 Å². The van der Waals surface area contributed by atoms with Crippen LogP contribution in [0.2, 0.25) is 0 Å². The molecule has 0 radical (unpaired) electrons. The molecule has 1 aromatic carbocycles. The zero-order chi connectivity index (χ0) is 14.1. The minimum Gasteiger partial charge on any atom is -0.331 e. The Morgan fingerprint density at radius 2 is 1.95 bits per heavy atom. The maximum atomic E-state index is 12.7. The van der Waals surface area contributed by atoms with Gasteiger partial charge in [0.25, 0.3) is 5.91 Å². The van der Waals surface area contributed by atoms with Gasteiger partial charge >= 0.3 is 0 Å². The second-order valence-corrected chi connectivity index (χ2v) is 6.42. The third kappa shape index (κ3) is 2.38. The van der Waals surface area contributed by atoms with Crippen LogP contribution in [0.15, 0.2) is 35.7 Å². The lowest BCUT2D eigenvalue weighted by atomic mass is 10.0. The summed E-state index contributed by atoms with van der Waals surface area (Å²) in [7, 11) is 0. The van der Waals surface area contributed by atoms with Crippen LogP contribution in [0.5, 0.6) is 0 Å². The molecule has 1 unspecified atom stereocenters. The van der Waals surface area contributed by atoms with Gasteiger partial charge in [-0.25, -0.2) is 0 Å². The van der Waals surface area contributed by atoms with Crippen LogP contribution >= 0.6 is 11.3 Å². The fraction of sp³-hybridized carbons (Fsp3) is 0.353. The molecule has 1 aromatic heterocycles. The maximum absolute atomic E-state index is 12.7. The number of rotatable bonds is 2. The van der Waals surface area contributed by atoms with Crippen molar-refractivity contribution in [3.8, 4) is 0 Å².